The van der Waals surface area contributed by atoms with E-state index in [2.05, 4.69) is 0 Å². The second-order valence-electron chi connectivity index (χ2n) is 0. The molecule has 0 aliphatic carbocycles. The summed E-state index contributed by atoms with van der Waals surface area (Å²) >= 11 is 0. The molecule has 0 heterocycles. The van der Waals surface area contributed by atoms with E-state index in [0.717, 1.165) is 0 Å². The van der Waals surface area contributed by atoms with Crippen molar-refractivity contribution in [1.29, 1.82) is 0 Å². The van der Waals surface area contributed by atoms with Crippen molar-refractivity contribution in [3.8, 4) is 0 Å². The van der Waals surface area contributed by atoms with Crippen molar-refractivity contribution < 1.29 is 116 Å². The van der Waals surface area contributed by atoms with Crippen molar-refractivity contribution in [1.82, 2.24) is 0 Å². The maximum absolute atomic E-state index is 0. The quantitative estimate of drug-likeness (QED) is 0.442. The molecular weight excluding hydrogens is 471 g/mol. The molecule has 0 rings (SSSR count). The van der Waals surface area contributed by atoms with Crippen molar-refractivity contribution in [3.63, 3.8) is 0 Å². The molecule has 0 saturated heterocycles. The first-order chi connectivity index (χ1) is 0. The number of nitrogens with zero attached hydrogens (tertiary/aromatic N) is 4. The Labute approximate surface area is 189 Å². The summed E-state index contributed by atoms with van der Waals surface area (Å²) in [5.41, 5.74) is 0. The van der Waals surface area contributed by atoms with E-state index < -0.39 is 0 Å². The van der Waals surface area contributed by atoms with Gasteiger partial charge in [-0.2, -0.15) is 0 Å². The standard InChI is InChI=1S/3Al.3Cu.4N.3Ti/q;;;;;;4*-3;3*+4. The molecule has 0 aromatic heterocycles. The van der Waals surface area contributed by atoms with Crippen LogP contribution in [0.3, 0.4) is 0 Å². The Kier molecular flexibility index (Phi) is 2620. The molecule has 0 fully saturated rings. The van der Waals surface area contributed by atoms with E-state index in [1.54, 1.807) is 0 Å². The van der Waals surface area contributed by atoms with Crippen molar-refractivity contribution in [2.45, 2.75) is 0 Å². The summed E-state index contributed by atoms with van der Waals surface area (Å²) in [5.74, 6) is 0. The Morgan fingerprint density at radius 2 is 0.308 bits per heavy atom. The molecule has 0 aliphatic rings. The molecule has 0 aliphatic heterocycles. The van der Waals surface area contributed by atoms with Crippen molar-refractivity contribution >= 4 is 52.1 Å². The fraction of sp³-hybridized carbons (Fsp3) is 0. The van der Waals surface area contributed by atoms with Crippen LogP contribution in [-0.4, -0.2) is 52.1 Å². The van der Waals surface area contributed by atoms with Crippen LogP contribution in [0.15, 0.2) is 0 Å². The minimum absolute atomic E-state index is 0. The maximum Gasteiger partial charge on any atom is 4.00 e. The second kappa shape index (κ2) is 169. The minimum Gasteiger partial charge on any atom is -3.00 e. The van der Waals surface area contributed by atoms with E-state index >= 15 is 0 Å². The van der Waals surface area contributed by atoms with E-state index in [9.17, 15) is 0 Å². The van der Waals surface area contributed by atoms with Crippen LogP contribution in [0.25, 0.3) is 24.6 Å². The number of rotatable bonds is 0. The van der Waals surface area contributed by atoms with E-state index in [1.165, 1.54) is 0 Å². The zero-order chi connectivity index (χ0) is 0. The predicted molar refractivity (Wildman–Crippen MR) is 30.7 cm³/mol. The summed E-state index contributed by atoms with van der Waals surface area (Å²) in [6.07, 6.45) is 0. The van der Waals surface area contributed by atoms with Crippen LogP contribution in [0.4, 0.5) is 0 Å². The van der Waals surface area contributed by atoms with Gasteiger partial charge in [-0.1, -0.05) is 0 Å². The zero-order valence-electron chi connectivity index (χ0n) is 5.93. The van der Waals surface area contributed by atoms with Gasteiger partial charge in [-0.15, -0.1) is 0 Å². The van der Waals surface area contributed by atoms with E-state index in [4.69, 9.17) is 0 Å². The summed E-state index contributed by atoms with van der Waals surface area (Å²) in [6, 6.07) is 0. The van der Waals surface area contributed by atoms with Gasteiger partial charge in [0.05, 0.1) is 0 Å². The Hall–Kier alpha value is 5.14. The Bertz CT molecular complexity index is 25.8. The van der Waals surface area contributed by atoms with Crippen molar-refractivity contribution in [3.05, 3.63) is 24.6 Å². The third kappa shape index (κ3) is 149. The van der Waals surface area contributed by atoms with Gasteiger partial charge in [-0.25, -0.2) is 0 Å². The van der Waals surface area contributed by atoms with Crippen LogP contribution >= 0.6 is 0 Å². The molecule has 0 aromatic rings. The molecule has 74 valence electrons. The summed E-state index contributed by atoms with van der Waals surface area (Å²) in [6.45, 7) is 0. The molecular formula is Al3Cu3N4Ti3. The van der Waals surface area contributed by atoms with Gasteiger partial charge in [0.2, 0.25) is 0 Å². The molecule has 13 heavy (non-hydrogen) atoms. The fourth-order valence-corrected chi connectivity index (χ4v) is 0. The molecule has 13 heteroatoms. The largest absolute Gasteiger partial charge is 4.00 e. The monoisotopic (exact) mass is 470 g/mol. The van der Waals surface area contributed by atoms with Crippen LogP contribution in [0, 0.1) is 0 Å². The average molecular weight is 471 g/mol. The fourth-order valence-electron chi connectivity index (χ4n) is 0. The SMILES string of the molecule is [Al].[Al].[Al].[Cu].[Cu].[Cu].[N-3].[N-3].[N-3].[N-3].[Ti+4].[Ti+4].[Ti+4]. The first kappa shape index (κ1) is 202. The smallest absolute Gasteiger partial charge is 3.00 e. The molecule has 0 spiro atoms. The molecule has 4 nitrogen and oxygen atoms in total. The summed E-state index contributed by atoms with van der Waals surface area (Å²) in [5, 5.41) is 0. The molecule has 0 saturated carbocycles. The maximum atomic E-state index is 0. The van der Waals surface area contributed by atoms with Crippen LogP contribution in [-0.2, 0) is 116 Å². The van der Waals surface area contributed by atoms with Crippen LogP contribution < -0.4 is 0 Å². The molecule has 0 unspecified atom stereocenters. The first-order valence-electron chi connectivity index (χ1n) is 0. The van der Waals surface area contributed by atoms with E-state index in [-0.39, 0.29) is 193 Å². The molecule has 12 radical (unpaired) electrons. The summed E-state index contributed by atoms with van der Waals surface area (Å²) in [7, 11) is 0. The van der Waals surface area contributed by atoms with Crippen LogP contribution in [0.1, 0.15) is 0 Å². The third-order valence-corrected chi connectivity index (χ3v) is 0. The number of hydrogen-bond donors (Lipinski definition) is 0. The van der Waals surface area contributed by atoms with Gasteiger partial charge in [-0.3, -0.25) is 0 Å². The molecule has 0 atom stereocenters. The molecule has 0 amide bonds. The van der Waals surface area contributed by atoms with E-state index in [0.29, 0.717) is 0 Å². The minimum atomic E-state index is 0. The number of hydrogen-bond acceptors (Lipinski definition) is 0. The molecule has 0 bridgehead atoms. The Morgan fingerprint density at radius 3 is 0.308 bits per heavy atom. The zero-order valence-corrected chi connectivity index (χ0v) is 16.9. The third-order valence-electron chi connectivity index (χ3n) is 0. The molecule has 0 aromatic carbocycles. The average Bonchev–Trinajstić information content (AvgIpc) is 0. The van der Waals surface area contributed by atoms with Crippen molar-refractivity contribution in [2.75, 3.05) is 0 Å². The van der Waals surface area contributed by atoms with Gasteiger partial charge < -0.3 is 24.6 Å². The summed E-state index contributed by atoms with van der Waals surface area (Å²) in [4.78, 5) is 0. The van der Waals surface area contributed by atoms with Gasteiger partial charge in [0.1, 0.15) is 0 Å². The second-order valence-corrected chi connectivity index (χ2v) is 0. The molecule has 0 N–H and O–H groups in total. The van der Waals surface area contributed by atoms with Gasteiger partial charge in [-0.05, 0) is 0 Å². The van der Waals surface area contributed by atoms with Crippen molar-refractivity contribution in [2.24, 2.45) is 0 Å². The Morgan fingerprint density at radius 1 is 0.308 bits per heavy atom. The van der Waals surface area contributed by atoms with Crippen LogP contribution in [0.2, 0.25) is 0 Å². The Balaban J connectivity index is 0. The van der Waals surface area contributed by atoms with Crippen LogP contribution in [0.5, 0.6) is 0 Å². The van der Waals surface area contributed by atoms with Gasteiger partial charge in [0.15, 0.2) is 0 Å². The van der Waals surface area contributed by atoms with Gasteiger partial charge in [0, 0.05) is 103 Å². The van der Waals surface area contributed by atoms with E-state index in [1.807, 2.05) is 0 Å². The topological polar surface area (TPSA) is 122 Å². The predicted octanol–water partition coefficient (Wildman–Crippen LogP) is -0.00260. The normalized spacial score (nSPS) is 0. The first-order valence-corrected chi connectivity index (χ1v) is 0. The summed E-state index contributed by atoms with van der Waals surface area (Å²) < 4.78 is 0. The van der Waals surface area contributed by atoms with Gasteiger partial charge >= 0.3 is 65.2 Å². The van der Waals surface area contributed by atoms with Gasteiger partial charge in [0.25, 0.3) is 0 Å².